The van der Waals surface area contributed by atoms with Gasteiger partial charge in [-0.15, -0.1) is 0 Å². The fourth-order valence-corrected chi connectivity index (χ4v) is 3.83. The Kier molecular flexibility index (Phi) is 5.32. The van der Waals surface area contributed by atoms with Gasteiger partial charge in [0.15, 0.2) is 0 Å². The van der Waals surface area contributed by atoms with E-state index in [1.807, 2.05) is 23.1 Å². The third-order valence-corrected chi connectivity index (χ3v) is 5.32. The largest absolute Gasteiger partial charge is 0.371 e. The Morgan fingerprint density at radius 1 is 0.962 bits per heavy atom. The molecule has 0 aliphatic carbocycles. The van der Waals surface area contributed by atoms with Crippen LogP contribution >= 0.6 is 0 Å². The number of ether oxygens (including phenoxy) is 1. The Morgan fingerprint density at radius 2 is 1.69 bits per heavy atom. The van der Waals surface area contributed by atoms with Crippen LogP contribution in [-0.2, 0) is 11.3 Å². The molecule has 0 radical (unpaired) electrons. The number of hydrogen-bond donors (Lipinski definition) is 0. The van der Waals surface area contributed by atoms with Crippen molar-refractivity contribution in [1.82, 2.24) is 9.80 Å². The molecule has 1 atom stereocenters. The van der Waals surface area contributed by atoms with E-state index in [4.69, 9.17) is 4.74 Å². The summed E-state index contributed by atoms with van der Waals surface area (Å²) in [6, 6.07) is 18.6. The van der Waals surface area contributed by atoms with Crippen molar-refractivity contribution in [3.8, 4) is 0 Å². The first-order valence-electron chi connectivity index (χ1n) is 9.57. The lowest BCUT2D eigenvalue weighted by molar-refractivity contribution is -0.0329. The van der Waals surface area contributed by atoms with Crippen LogP contribution in [0, 0.1) is 0 Å². The van der Waals surface area contributed by atoms with Gasteiger partial charge in [0.05, 0.1) is 12.7 Å². The van der Waals surface area contributed by atoms with Gasteiger partial charge < -0.3 is 9.64 Å². The van der Waals surface area contributed by atoms with Gasteiger partial charge >= 0.3 is 0 Å². The molecule has 2 heterocycles. The van der Waals surface area contributed by atoms with E-state index in [0.29, 0.717) is 0 Å². The summed E-state index contributed by atoms with van der Waals surface area (Å²) in [6.45, 7) is 5.29. The Balaban J connectivity index is 1.37. The lowest BCUT2D eigenvalue weighted by Gasteiger charge is -2.33. The first kappa shape index (κ1) is 17.3. The van der Waals surface area contributed by atoms with E-state index in [1.54, 1.807) is 0 Å². The molecular weight excluding hydrogens is 324 g/mol. The molecule has 136 valence electrons. The van der Waals surface area contributed by atoms with E-state index in [1.165, 1.54) is 11.1 Å². The summed E-state index contributed by atoms with van der Waals surface area (Å²) in [5.74, 6) is 0.171. The molecule has 4 rings (SSSR count). The predicted molar refractivity (Wildman–Crippen MR) is 102 cm³/mol. The number of carbonyl (C=O) groups is 1. The summed E-state index contributed by atoms with van der Waals surface area (Å²) in [5, 5.41) is 0. The molecule has 2 aromatic rings. The van der Waals surface area contributed by atoms with Crippen molar-refractivity contribution < 1.29 is 9.53 Å². The Bertz CT molecular complexity index is 724. The number of likely N-dealkylation sites (tertiary alicyclic amines) is 1. The van der Waals surface area contributed by atoms with Crippen molar-refractivity contribution in [2.45, 2.75) is 25.5 Å². The quantitative estimate of drug-likeness (QED) is 0.846. The maximum Gasteiger partial charge on any atom is 0.253 e. The molecule has 2 aliphatic rings. The number of amides is 1. The third kappa shape index (κ3) is 3.97. The molecule has 2 aromatic carbocycles. The fourth-order valence-electron chi connectivity index (χ4n) is 3.83. The van der Waals surface area contributed by atoms with E-state index >= 15 is 0 Å². The second kappa shape index (κ2) is 8.02. The summed E-state index contributed by atoms with van der Waals surface area (Å²) in [4.78, 5) is 16.8. The van der Waals surface area contributed by atoms with Crippen molar-refractivity contribution in [1.29, 1.82) is 0 Å². The highest BCUT2D eigenvalue weighted by molar-refractivity contribution is 5.94. The van der Waals surface area contributed by atoms with Crippen LogP contribution in [0.4, 0.5) is 0 Å². The summed E-state index contributed by atoms with van der Waals surface area (Å²) in [6.07, 6.45) is 2.40. The van der Waals surface area contributed by atoms with Crippen molar-refractivity contribution in [3.63, 3.8) is 0 Å². The maximum absolute atomic E-state index is 12.4. The van der Waals surface area contributed by atoms with Gasteiger partial charge in [-0.05, 0) is 36.1 Å². The number of nitrogens with zero attached hydrogens (tertiary/aromatic N) is 2. The van der Waals surface area contributed by atoms with Crippen LogP contribution in [0.1, 0.15) is 40.4 Å². The van der Waals surface area contributed by atoms with Crippen LogP contribution in [0.15, 0.2) is 54.6 Å². The molecule has 1 amide bonds. The standard InChI is InChI=1S/C22H26N2O2/c25-22(24-12-4-5-13-24)20-10-8-18(9-11-20)16-23-14-15-26-21(17-23)19-6-2-1-3-7-19/h1-3,6-11,21H,4-5,12-17H2. The van der Waals surface area contributed by atoms with Crippen molar-refractivity contribution in [2.75, 3.05) is 32.8 Å². The van der Waals surface area contributed by atoms with Crippen LogP contribution in [-0.4, -0.2) is 48.5 Å². The van der Waals surface area contributed by atoms with E-state index < -0.39 is 0 Å². The minimum Gasteiger partial charge on any atom is -0.371 e. The van der Waals surface area contributed by atoms with Crippen LogP contribution < -0.4 is 0 Å². The van der Waals surface area contributed by atoms with Crippen LogP contribution in [0.2, 0.25) is 0 Å². The molecule has 1 unspecified atom stereocenters. The number of rotatable bonds is 4. The van der Waals surface area contributed by atoms with Crippen LogP contribution in [0.3, 0.4) is 0 Å². The lowest BCUT2D eigenvalue weighted by Crippen LogP contribution is -2.37. The molecule has 0 bridgehead atoms. The second-order valence-electron chi connectivity index (χ2n) is 7.20. The molecular formula is C22H26N2O2. The highest BCUT2D eigenvalue weighted by Gasteiger charge is 2.22. The number of morpholine rings is 1. The highest BCUT2D eigenvalue weighted by Crippen LogP contribution is 2.23. The number of hydrogen-bond acceptors (Lipinski definition) is 3. The SMILES string of the molecule is O=C(c1ccc(CN2CCOC(c3ccccc3)C2)cc1)N1CCCC1. The normalized spacial score (nSPS) is 21.1. The van der Waals surface area contributed by atoms with Gasteiger partial charge in [-0.25, -0.2) is 0 Å². The Labute approximate surface area is 155 Å². The highest BCUT2D eigenvalue weighted by atomic mass is 16.5. The van der Waals surface area contributed by atoms with Gasteiger partial charge in [0.1, 0.15) is 0 Å². The minimum absolute atomic E-state index is 0.140. The Morgan fingerprint density at radius 3 is 2.42 bits per heavy atom. The smallest absolute Gasteiger partial charge is 0.253 e. The topological polar surface area (TPSA) is 32.8 Å². The molecule has 2 fully saturated rings. The van der Waals surface area contributed by atoms with E-state index in [-0.39, 0.29) is 12.0 Å². The summed E-state index contributed by atoms with van der Waals surface area (Å²) in [5.41, 5.74) is 3.29. The van der Waals surface area contributed by atoms with E-state index in [9.17, 15) is 4.79 Å². The average molecular weight is 350 g/mol. The Hall–Kier alpha value is -2.17. The zero-order valence-electron chi connectivity index (χ0n) is 15.1. The molecule has 0 saturated carbocycles. The van der Waals surface area contributed by atoms with Gasteiger partial charge in [0.2, 0.25) is 0 Å². The van der Waals surface area contributed by atoms with Crippen LogP contribution in [0.5, 0.6) is 0 Å². The summed E-state index contributed by atoms with van der Waals surface area (Å²) >= 11 is 0. The van der Waals surface area contributed by atoms with Crippen molar-refractivity contribution in [2.24, 2.45) is 0 Å². The van der Waals surface area contributed by atoms with Crippen LogP contribution in [0.25, 0.3) is 0 Å². The van der Waals surface area contributed by atoms with Crippen molar-refractivity contribution >= 4 is 5.91 Å². The molecule has 0 spiro atoms. The summed E-state index contributed by atoms with van der Waals surface area (Å²) in [7, 11) is 0. The van der Waals surface area contributed by atoms with Crippen molar-refractivity contribution in [3.05, 3.63) is 71.3 Å². The molecule has 4 nitrogen and oxygen atoms in total. The zero-order chi connectivity index (χ0) is 17.8. The number of carbonyl (C=O) groups excluding carboxylic acids is 1. The van der Waals surface area contributed by atoms with Gasteiger partial charge in [-0.2, -0.15) is 0 Å². The first-order chi connectivity index (χ1) is 12.8. The molecule has 0 aromatic heterocycles. The average Bonchev–Trinajstić information content (AvgIpc) is 3.24. The van der Waals surface area contributed by atoms with Gasteiger partial charge in [-0.1, -0.05) is 42.5 Å². The fraction of sp³-hybridized carbons (Fsp3) is 0.409. The van der Waals surface area contributed by atoms with Gasteiger partial charge in [0.25, 0.3) is 5.91 Å². The predicted octanol–water partition coefficient (Wildman–Crippen LogP) is 3.50. The molecule has 0 N–H and O–H groups in total. The lowest BCUT2D eigenvalue weighted by atomic mass is 10.1. The minimum atomic E-state index is 0.140. The van der Waals surface area contributed by atoms with Gasteiger partial charge in [0, 0.05) is 38.3 Å². The summed E-state index contributed by atoms with van der Waals surface area (Å²) < 4.78 is 5.95. The molecule has 2 saturated heterocycles. The van der Waals surface area contributed by atoms with Gasteiger partial charge in [-0.3, -0.25) is 9.69 Å². The van der Waals surface area contributed by atoms with E-state index in [2.05, 4.69) is 41.3 Å². The maximum atomic E-state index is 12.4. The van der Waals surface area contributed by atoms with E-state index in [0.717, 1.165) is 57.7 Å². The second-order valence-corrected chi connectivity index (χ2v) is 7.20. The number of benzene rings is 2. The molecule has 4 heteroatoms. The third-order valence-electron chi connectivity index (χ3n) is 5.32. The zero-order valence-corrected chi connectivity index (χ0v) is 15.1. The molecule has 2 aliphatic heterocycles. The monoisotopic (exact) mass is 350 g/mol. The molecule has 26 heavy (non-hydrogen) atoms. The first-order valence-corrected chi connectivity index (χ1v) is 9.57.